The van der Waals surface area contributed by atoms with E-state index < -0.39 is 40.0 Å². The van der Waals surface area contributed by atoms with Gasteiger partial charge in [-0.05, 0) is 12.1 Å². The van der Waals surface area contributed by atoms with Gasteiger partial charge in [0.05, 0.1) is 22.3 Å². The fraction of sp³-hybridized carbons (Fsp3) is 0.0909. The van der Waals surface area contributed by atoms with Gasteiger partial charge in [-0.25, -0.2) is 9.49 Å². The van der Waals surface area contributed by atoms with Gasteiger partial charge in [0.25, 0.3) is 5.56 Å². The van der Waals surface area contributed by atoms with Gasteiger partial charge in [-0.3, -0.25) is 4.79 Å². The van der Waals surface area contributed by atoms with Gasteiger partial charge < -0.3 is 5.11 Å². The van der Waals surface area contributed by atoms with Crippen molar-refractivity contribution in [2.75, 3.05) is 0 Å². The van der Waals surface area contributed by atoms with Crippen LogP contribution in [-0.4, -0.2) is 15.3 Å². The number of nitrogens with zero attached hydrogens (tertiary/aromatic N) is 1. The summed E-state index contributed by atoms with van der Waals surface area (Å²) in [6.07, 6.45) is -4.54. The molecule has 0 fully saturated rings. The number of rotatable bonds is 1. The normalized spacial score (nSPS) is 11.7. The number of H-pyrrole nitrogens is 1. The van der Waals surface area contributed by atoms with Gasteiger partial charge in [0, 0.05) is 5.56 Å². The number of halogens is 5. The van der Waals surface area contributed by atoms with Crippen LogP contribution in [0, 0.1) is 5.82 Å². The van der Waals surface area contributed by atoms with Crippen LogP contribution in [0.15, 0.2) is 23.1 Å². The molecule has 20 heavy (non-hydrogen) atoms. The van der Waals surface area contributed by atoms with Crippen molar-refractivity contribution >= 4 is 11.6 Å². The van der Waals surface area contributed by atoms with Gasteiger partial charge in [0.1, 0.15) is 11.6 Å². The minimum atomic E-state index is -4.90. The van der Waals surface area contributed by atoms with Crippen molar-refractivity contribution in [2.45, 2.75) is 6.18 Å². The first-order valence-corrected chi connectivity index (χ1v) is 5.43. The SMILES string of the molecule is O=c1[nH]ncc(C(F)(F)F)c1-c1cc(O)c(Cl)cc1F. The zero-order valence-electron chi connectivity index (χ0n) is 9.42. The molecule has 0 aliphatic carbocycles. The molecule has 2 N–H and O–H groups in total. The molecule has 0 radical (unpaired) electrons. The lowest BCUT2D eigenvalue weighted by molar-refractivity contribution is -0.137. The highest BCUT2D eigenvalue weighted by molar-refractivity contribution is 6.32. The molecule has 0 atom stereocenters. The topological polar surface area (TPSA) is 66.0 Å². The number of aromatic hydroxyl groups is 1. The summed E-state index contributed by atoms with van der Waals surface area (Å²) in [5.41, 5.74) is -4.35. The summed E-state index contributed by atoms with van der Waals surface area (Å²) >= 11 is 5.43. The number of nitrogens with one attached hydrogen (secondary N) is 1. The van der Waals surface area contributed by atoms with E-state index in [1.54, 1.807) is 5.10 Å². The molecular weight excluding hydrogens is 304 g/mol. The molecule has 2 rings (SSSR count). The summed E-state index contributed by atoms with van der Waals surface area (Å²) in [5.74, 6) is -1.82. The first-order chi connectivity index (χ1) is 9.21. The molecule has 2 aromatic rings. The lowest BCUT2D eigenvalue weighted by Crippen LogP contribution is -2.19. The molecule has 0 amide bonds. The van der Waals surface area contributed by atoms with Crippen LogP contribution in [0.25, 0.3) is 11.1 Å². The van der Waals surface area contributed by atoms with Crippen molar-refractivity contribution in [3.05, 3.63) is 45.1 Å². The number of aromatic amines is 1. The van der Waals surface area contributed by atoms with Crippen LogP contribution in [0.1, 0.15) is 5.56 Å². The first-order valence-electron chi connectivity index (χ1n) is 5.05. The highest BCUT2D eigenvalue weighted by Gasteiger charge is 2.36. The Labute approximate surface area is 113 Å². The molecular formula is C11H5ClF4N2O2. The second kappa shape index (κ2) is 4.78. The zero-order chi connectivity index (χ0) is 15.1. The number of hydrogen-bond donors (Lipinski definition) is 2. The molecule has 0 saturated heterocycles. The summed E-state index contributed by atoms with van der Waals surface area (Å²) in [6, 6.07) is 1.27. The lowest BCUT2D eigenvalue weighted by atomic mass is 10.0. The second-order valence-electron chi connectivity index (χ2n) is 3.77. The summed E-state index contributed by atoms with van der Waals surface area (Å²) in [5, 5.41) is 13.8. The minimum Gasteiger partial charge on any atom is -0.506 e. The Balaban J connectivity index is 2.83. The number of phenols is 1. The fourth-order valence-corrected chi connectivity index (χ4v) is 1.76. The molecule has 0 spiro atoms. The van der Waals surface area contributed by atoms with E-state index in [0.717, 1.165) is 0 Å². The third-order valence-electron chi connectivity index (χ3n) is 2.47. The summed E-state index contributed by atoms with van der Waals surface area (Å²) < 4.78 is 52.2. The molecule has 1 heterocycles. The van der Waals surface area contributed by atoms with E-state index >= 15 is 0 Å². The van der Waals surface area contributed by atoms with Crippen LogP contribution < -0.4 is 5.56 Å². The number of hydrogen-bond acceptors (Lipinski definition) is 3. The average Bonchev–Trinajstić information content (AvgIpc) is 2.33. The number of alkyl halides is 3. The van der Waals surface area contributed by atoms with Crippen LogP contribution in [-0.2, 0) is 6.18 Å². The standard InChI is InChI=1S/C11H5ClF4N2O2/c12-6-2-7(13)4(1-8(6)19)9-5(11(14,15)16)3-17-18-10(9)20/h1-3,19H,(H,18,20). The van der Waals surface area contributed by atoms with Crippen molar-refractivity contribution in [1.29, 1.82) is 0 Å². The number of aromatic nitrogens is 2. The Morgan fingerprint density at radius 3 is 2.55 bits per heavy atom. The van der Waals surface area contributed by atoms with Crippen LogP contribution in [0.2, 0.25) is 5.02 Å². The highest BCUT2D eigenvalue weighted by Crippen LogP contribution is 2.37. The molecule has 0 aliphatic heterocycles. The molecule has 9 heteroatoms. The van der Waals surface area contributed by atoms with Crippen molar-refractivity contribution in [1.82, 2.24) is 10.2 Å². The summed E-state index contributed by atoms with van der Waals surface area (Å²) in [4.78, 5) is 11.5. The van der Waals surface area contributed by atoms with E-state index in [-0.39, 0.29) is 5.02 Å². The third kappa shape index (κ3) is 2.46. The van der Waals surface area contributed by atoms with E-state index in [1.807, 2.05) is 0 Å². The first kappa shape index (κ1) is 14.3. The quantitative estimate of drug-likeness (QED) is 0.796. The molecule has 106 valence electrons. The molecule has 0 unspecified atom stereocenters. The Bertz CT molecular complexity index is 727. The average molecular weight is 309 g/mol. The van der Waals surface area contributed by atoms with Gasteiger partial charge in [0.15, 0.2) is 0 Å². The van der Waals surface area contributed by atoms with Crippen molar-refractivity contribution < 1.29 is 22.7 Å². The van der Waals surface area contributed by atoms with Crippen LogP contribution in [0.4, 0.5) is 17.6 Å². The van der Waals surface area contributed by atoms with E-state index in [2.05, 4.69) is 5.10 Å². The Hall–Kier alpha value is -2.09. The molecule has 0 aliphatic rings. The van der Waals surface area contributed by atoms with Crippen LogP contribution in [0.5, 0.6) is 5.75 Å². The maximum atomic E-state index is 13.7. The Morgan fingerprint density at radius 1 is 1.30 bits per heavy atom. The lowest BCUT2D eigenvalue weighted by Gasteiger charge is -2.12. The second-order valence-corrected chi connectivity index (χ2v) is 4.18. The predicted octanol–water partition coefficient (Wildman–Crippen LogP) is 2.95. The van der Waals surface area contributed by atoms with Crippen molar-refractivity contribution in [3.63, 3.8) is 0 Å². The van der Waals surface area contributed by atoms with Gasteiger partial charge in [-0.2, -0.15) is 18.3 Å². The van der Waals surface area contributed by atoms with Gasteiger partial charge in [-0.1, -0.05) is 11.6 Å². The van der Waals surface area contributed by atoms with Crippen molar-refractivity contribution in [2.24, 2.45) is 0 Å². The molecule has 4 nitrogen and oxygen atoms in total. The predicted molar refractivity (Wildman–Crippen MR) is 61.9 cm³/mol. The van der Waals surface area contributed by atoms with Crippen LogP contribution >= 0.6 is 11.6 Å². The monoisotopic (exact) mass is 308 g/mol. The van der Waals surface area contributed by atoms with E-state index in [9.17, 15) is 27.5 Å². The van der Waals surface area contributed by atoms with E-state index in [0.29, 0.717) is 18.3 Å². The maximum absolute atomic E-state index is 13.7. The van der Waals surface area contributed by atoms with Gasteiger partial charge in [-0.15, -0.1) is 0 Å². The van der Waals surface area contributed by atoms with E-state index in [4.69, 9.17) is 11.6 Å². The largest absolute Gasteiger partial charge is 0.506 e. The number of phenolic OH excluding ortho intramolecular Hbond substituents is 1. The molecule has 0 saturated carbocycles. The molecule has 1 aromatic carbocycles. The summed E-state index contributed by atoms with van der Waals surface area (Å²) in [7, 11) is 0. The van der Waals surface area contributed by atoms with Crippen LogP contribution in [0.3, 0.4) is 0 Å². The van der Waals surface area contributed by atoms with Gasteiger partial charge >= 0.3 is 6.18 Å². The van der Waals surface area contributed by atoms with E-state index in [1.165, 1.54) is 0 Å². The Morgan fingerprint density at radius 2 is 1.95 bits per heavy atom. The highest BCUT2D eigenvalue weighted by atomic mass is 35.5. The minimum absolute atomic E-state index is 0.363. The van der Waals surface area contributed by atoms with Gasteiger partial charge in [0.2, 0.25) is 0 Å². The Kier molecular flexibility index (Phi) is 3.43. The smallest absolute Gasteiger partial charge is 0.418 e. The zero-order valence-corrected chi connectivity index (χ0v) is 10.2. The maximum Gasteiger partial charge on any atom is 0.418 e. The summed E-state index contributed by atoms with van der Waals surface area (Å²) in [6.45, 7) is 0. The molecule has 1 aromatic heterocycles. The fourth-order valence-electron chi connectivity index (χ4n) is 1.61. The molecule has 0 bridgehead atoms. The van der Waals surface area contributed by atoms with Crippen molar-refractivity contribution in [3.8, 4) is 16.9 Å². The number of benzene rings is 1. The third-order valence-corrected chi connectivity index (χ3v) is 2.77.